The quantitative estimate of drug-likeness (QED) is 0.927. The van der Waals surface area contributed by atoms with Crippen LogP contribution in [-0.2, 0) is 12.2 Å². The van der Waals surface area contributed by atoms with Crippen molar-refractivity contribution >= 4 is 23.1 Å². The van der Waals surface area contributed by atoms with Crippen molar-refractivity contribution in [1.82, 2.24) is 5.32 Å². The molecule has 0 saturated carbocycles. The molecule has 1 N–H and O–H groups in total. The lowest BCUT2D eigenvalue weighted by molar-refractivity contribution is 0.414. The first-order valence-electron chi connectivity index (χ1n) is 6.82. The summed E-state index contributed by atoms with van der Waals surface area (Å²) in [6.07, 6.45) is 1.23. The summed E-state index contributed by atoms with van der Waals surface area (Å²) in [5, 5.41) is 3.44. The first-order valence-corrected chi connectivity index (χ1v) is 8.79. The van der Waals surface area contributed by atoms with E-state index in [0.29, 0.717) is 0 Å². The van der Waals surface area contributed by atoms with Crippen LogP contribution in [0.5, 0.6) is 5.75 Å². The Balaban J connectivity index is 1.90. The van der Waals surface area contributed by atoms with Gasteiger partial charge in [0.25, 0.3) is 0 Å². The molecule has 3 rings (SSSR count). The van der Waals surface area contributed by atoms with E-state index in [0.717, 1.165) is 5.75 Å². The lowest BCUT2D eigenvalue weighted by atomic mass is 10.0. The van der Waals surface area contributed by atoms with Crippen LogP contribution in [0, 0.1) is 0 Å². The fraction of sp³-hybridized carbons (Fsp3) is 0.375. The predicted octanol–water partition coefficient (Wildman–Crippen LogP) is 3.85. The summed E-state index contributed by atoms with van der Waals surface area (Å²) in [6.45, 7) is 0. The van der Waals surface area contributed by atoms with E-state index in [1.807, 2.05) is 42.3 Å². The Bertz CT molecular complexity index is 553. The number of thiophene rings is 1. The van der Waals surface area contributed by atoms with Gasteiger partial charge in [0, 0.05) is 15.5 Å². The van der Waals surface area contributed by atoms with Gasteiger partial charge in [0.1, 0.15) is 5.75 Å². The number of benzene rings is 1. The Morgan fingerprint density at radius 2 is 2.05 bits per heavy atom. The molecule has 0 radical (unpaired) electrons. The molecule has 4 heteroatoms. The summed E-state index contributed by atoms with van der Waals surface area (Å²) < 4.78 is 5.23. The maximum absolute atomic E-state index is 5.23. The van der Waals surface area contributed by atoms with Crippen LogP contribution in [0.25, 0.3) is 0 Å². The molecule has 0 amide bonds. The Morgan fingerprint density at radius 3 is 2.70 bits per heavy atom. The SMILES string of the molecule is CNC(c1ccc(OC)cc1)c1cc2c(s1)CCSC2. The highest BCUT2D eigenvalue weighted by Crippen LogP contribution is 2.36. The number of hydrogen-bond donors (Lipinski definition) is 1. The number of nitrogens with one attached hydrogen (secondary N) is 1. The second-order valence-electron chi connectivity index (χ2n) is 4.89. The highest BCUT2D eigenvalue weighted by atomic mass is 32.2. The van der Waals surface area contributed by atoms with E-state index in [2.05, 4.69) is 23.5 Å². The molecule has 2 heterocycles. The van der Waals surface area contributed by atoms with Gasteiger partial charge in [-0.2, -0.15) is 11.8 Å². The van der Waals surface area contributed by atoms with Crippen LogP contribution in [0.4, 0.5) is 0 Å². The summed E-state index contributed by atoms with van der Waals surface area (Å²) in [5.41, 5.74) is 2.83. The van der Waals surface area contributed by atoms with Crippen molar-refractivity contribution in [1.29, 1.82) is 0 Å². The Morgan fingerprint density at radius 1 is 1.25 bits per heavy atom. The standard InChI is InChI=1S/C16H19NOS2/c1-17-16(11-3-5-13(18-2)6-4-11)15-9-12-10-19-8-7-14(12)20-15/h3-6,9,16-17H,7-8,10H2,1-2H3. The van der Waals surface area contributed by atoms with Crippen molar-refractivity contribution in [3.05, 3.63) is 51.2 Å². The zero-order chi connectivity index (χ0) is 13.9. The number of rotatable bonds is 4. The molecule has 0 spiro atoms. The van der Waals surface area contributed by atoms with Crippen LogP contribution in [0.15, 0.2) is 30.3 Å². The van der Waals surface area contributed by atoms with Crippen LogP contribution >= 0.6 is 23.1 Å². The van der Waals surface area contributed by atoms with Crippen LogP contribution < -0.4 is 10.1 Å². The number of ether oxygens (including phenoxy) is 1. The number of fused-ring (bicyclic) bond motifs is 1. The summed E-state index contributed by atoms with van der Waals surface area (Å²) in [4.78, 5) is 3.00. The second-order valence-corrected chi connectivity index (χ2v) is 7.17. The molecule has 106 valence electrons. The van der Waals surface area contributed by atoms with E-state index in [4.69, 9.17) is 4.74 Å². The molecule has 2 nitrogen and oxygen atoms in total. The minimum atomic E-state index is 0.279. The molecule has 0 saturated heterocycles. The van der Waals surface area contributed by atoms with E-state index in [1.54, 1.807) is 12.0 Å². The summed E-state index contributed by atoms with van der Waals surface area (Å²) in [5.74, 6) is 3.34. The molecule has 1 aliphatic rings. The molecule has 0 aliphatic carbocycles. The zero-order valence-corrected chi connectivity index (χ0v) is 13.4. The molecule has 1 aliphatic heterocycles. The van der Waals surface area contributed by atoms with E-state index < -0.39 is 0 Å². The maximum atomic E-state index is 5.23. The Labute approximate surface area is 128 Å². The summed E-state index contributed by atoms with van der Waals surface area (Å²) in [7, 11) is 3.73. The van der Waals surface area contributed by atoms with Crippen molar-refractivity contribution in [2.75, 3.05) is 19.9 Å². The topological polar surface area (TPSA) is 21.3 Å². The average molecular weight is 305 g/mol. The molecular weight excluding hydrogens is 286 g/mol. The zero-order valence-electron chi connectivity index (χ0n) is 11.8. The average Bonchev–Trinajstić information content (AvgIpc) is 2.92. The Kier molecular flexibility index (Phi) is 4.34. The third-order valence-electron chi connectivity index (χ3n) is 3.67. The van der Waals surface area contributed by atoms with Crippen molar-refractivity contribution in [2.45, 2.75) is 18.2 Å². The molecule has 1 unspecified atom stereocenters. The molecule has 0 bridgehead atoms. The van der Waals surface area contributed by atoms with Gasteiger partial charge in [-0.1, -0.05) is 12.1 Å². The largest absolute Gasteiger partial charge is 0.497 e. The van der Waals surface area contributed by atoms with Crippen molar-refractivity contribution in [3.8, 4) is 5.75 Å². The van der Waals surface area contributed by atoms with Gasteiger partial charge in [-0.3, -0.25) is 0 Å². The van der Waals surface area contributed by atoms with E-state index in [1.165, 1.54) is 33.9 Å². The van der Waals surface area contributed by atoms with E-state index in [9.17, 15) is 0 Å². The number of aryl methyl sites for hydroxylation is 1. The van der Waals surface area contributed by atoms with Gasteiger partial charge in [0.15, 0.2) is 0 Å². The molecule has 1 atom stereocenters. The van der Waals surface area contributed by atoms with Crippen molar-refractivity contribution < 1.29 is 4.74 Å². The normalized spacial score (nSPS) is 15.7. The van der Waals surface area contributed by atoms with Crippen molar-refractivity contribution in [2.24, 2.45) is 0 Å². The monoisotopic (exact) mass is 305 g/mol. The summed E-state index contributed by atoms with van der Waals surface area (Å²) in [6, 6.07) is 11.0. The van der Waals surface area contributed by atoms with Gasteiger partial charge in [0.05, 0.1) is 13.2 Å². The fourth-order valence-corrected chi connectivity index (χ4v) is 5.10. The van der Waals surface area contributed by atoms with Gasteiger partial charge in [-0.05, 0) is 48.5 Å². The van der Waals surface area contributed by atoms with Crippen LogP contribution in [0.3, 0.4) is 0 Å². The fourth-order valence-electron chi connectivity index (χ4n) is 2.58. The lowest BCUT2D eigenvalue weighted by Crippen LogP contribution is -2.16. The van der Waals surface area contributed by atoms with Crippen LogP contribution in [0.1, 0.15) is 26.9 Å². The molecule has 20 heavy (non-hydrogen) atoms. The number of hydrogen-bond acceptors (Lipinski definition) is 4. The lowest BCUT2D eigenvalue weighted by Gasteiger charge is -2.15. The maximum Gasteiger partial charge on any atom is 0.118 e. The van der Waals surface area contributed by atoms with Gasteiger partial charge < -0.3 is 10.1 Å². The Hall–Kier alpha value is -0.970. The predicted molar refractivity (Wildman–Crippen MR) is 88.1 cm³/mol. The van der Waals surface area contributed by atoms with Crippen molar-refractivity contribution in [3.63, 3.8) is 0 Å². The van der Waals surface area contributed by atoms with E-state index >= 15 is 0 Å². The molecule has 2 aromatic rings. The minimum Gasteiger partial charge on any atom is -0.497 e. The first-order chi connectivity index (χ1) is 9.81. The molecule has 1 aromatic heterocycles. The second kappa shape index (κ2) is 6.20. The third kappa shape index (κ3) is 2.73. The third-order valence-corrected chi connectivity index (χ3v) is 5.98. The van der Waals surface area contributed by atoms with Gasteiger partial charge in [0.2, 0.25) is 0 Å². The number of thioether (sulfide) groups is 1. The molecular formula is C16H19NOS2. The van der Waals surface area contributed by atoms with Crippen LogP contribution in [-0.4, -0.2) is 19.9 Å². The van der Waals surface area contributed by atoms with Gasteiger partial charge >= 0.3 is 0 Å². The molecule has 0 fully saturated rings. The first kappa shape index (κ1) is 14.0. The van der Waals surface area contributed by atoms with Gasteiger partial charge in [-0.15, -0.1) is 11.3 Å². The highest BCUT2D eigenvalue weighted by molar-refractivity contribution is 7.98. The smallest absolute Gasteiger partial charge is 0.118 e. The minimum absolute atomic E-state index is 0.279. The molecule has 1 aromatic carbocycles. The van der Waals surface area contributed by atoms with E-state index in [-0.39, 0.29) is 6.04 Å². The summed E-state index contributed by atoms with van der Waals surface area (Å²) >= 11 is 4.01. The van der Waals surface area contributed by atoms with Crippen LogP contribution in [0.2, 0.25) is 0 Å². The number of methoxy groups -OCH3 is 1. The highest BCUT2D eigenvalue weighted by Gasteiger charge is 2.19. The van der Waals surface area contributed by atoms with Gasteiger partial charge in [-0.25, -0.2) is 0 Å².